The number of carbonyl (C=O) groups excluding carboxylic acids is 2. The number of nitrogens with one attached hydrogen (secondary N) is 2. The monoisotopic (exact) mass is 259 g/mol. The number of hydrogen-bond acceptors (Lipinski definition) is 3. The summed E-state index contributed by atoms with van der Waals surface area (Å²) in [5, 5.41) is 14.9. The van der Waals surface area contributed by atoms with Gasteiger partial charge in [0.05, 0.1) is 5.60 Å². The predicted octanol–water partition coefficient (Wildman–Crippen LogP) is 0.347. The van der Waals surface area contributed by atoms with Gasteiger partial charge in [0.1, 0.15) is 6.04 Å². The van der Waals surface area contributed by atoms with Crippen molar-refractivity contribution in [1.29, 1.82) is 0 Å². The summed E-state index contributed by atoms with van der Waals surface area (Å²) in [7, 11) is 0. The van der Waals surface area contributed by atoms with Gasteiger partial charge in [0.2, 0.25) is 5.91 Å². The summed E-state index contributed by atoms with van der Waals surface area (Å²) in [5.74, 6) is -0.346. The molecule has 18 heavy (non-hydrogen) atoms. The molecule has 0 bridgehead atoms. The number of hydrogen-bond donors (Lipinski definition) is 4. The molecule has 0 aromatic carbocycles. The van der Waals surface area contributed by atoms with Crippen molar-refractivity contribution >= 4 is 11.9 Å². The molecule has 0 saturated heterocycles. The Balaban J connectivity index is 4.52. The van der Waals surface area contributed by atoms with Gasteiger partial charge in [-0.25, -0.2) is 4.79 Å². The Labute approximate surface area is 108 Å². The Kier molecular flexibility index (Phi) is 6.68. The van der Waals surface area contributed by atoms with E-state index in [1.807, 2.05) is 20.8 Å². The van der Waals surface area contributed by atoms with Crippen molar-refractivity contribution in [3.63, 3.8) is 0 Å². The first kappa shape index (κ1) is 16.7. The molecule has 3 atom stereocenters. The maximum atomic E-state index is 11.9. The molecule has 0 spiro atoms. The zero-order valence-corrected chi connectivity index (χ0v) is 11.6. The molecule has 0 aliphatic rings. The van der Waals surface area contributed by atoms with Gasteiger partial charge in [0.25, 0.3) is 0 Å². The molecule has 6 heteroatoms. The van der Waals surface area contributed by atoms with Crippen LogP contribution in [0.4, 0.5) is 4.79 Å². The molecule has 0 aromatic rings. The second kappa shape index (κ2) is 7.20. The van der Waals surface area contributed by atoms with Crippen LogP contribution < -0.4 is 16.4 Å². The summed E-state index contributed by atoms with van der Waals surface area (Å²) in [4.78, 5) is 22.8. The number of amides is 3. The van der Waals surface area contributed by atoms with Crippen molar-refractivity contribution in [2.75, 3.05) is 6.54 Å². The maximum absolute atomic E-state index is 11.9. The molecule has 0 rings (SSSR count). The molecule has 0 aliphatic carbocycles. The third kappa shape index (κ3) is 5.86. The van der Waals surface area contributed by atoms with Crippen molar-refractivity contribution in [3.05, 3.63) is 0 Å². The molecule has 0 fully saturated rings. The van der Waals surface area contributed by atoms with Crippen LogP contribution in [-0.4, -0.2) is 35.2 Å². The Hall–Kier alpha value is -1.30. The van der Waals surface area contributed by atoms with Gasteiger partial charge in [-0.15, -0.1) is 0 Å². The number of primary amides is 1. The molecular weight excluding hydrogens is 234 g/mol. The van der Waals surface area contributed by atoms with E-state index in [0.29, 0.717) is 6.42 Å². The van der Waals surface area contributed by atoms with Crippen molar-refractivity contribution in [2.45, 2.75) is 52.2 Å². The van der Waals surface area contributed by atoms with Crippen LogP contribution in [0.3, 0.4) is 0 Å². The Morgan fingerprint density at radius 1 is 1.39 bits per heavy atom. The van der Waals surface area contributed by atoms with E-state index in [4.69, 9.17) is 5.73 Å². The minimum absolute atomic E-state index is 0.0240. The smallest absolute Gasteiger partial charge is 0.312 e. The van der Waals surface area contributed by atoms with Crippen LogP contribution in [0.25, 0.3) is 0 Å². The van der Waals surface area contributed by atoms with Gasteiger partial charge in [-0.05, 0) is 19.3 Å². The Morgan fingerprint density at radius 3 is 2.33 bits per heavy atom. The molecule has 6 nitrogen and oxygen atoms in total. The van der Waals surface area contributed by atoms with Crippen LogP contribution in [0.2, 0.25) is 0 Å². The van der Waals surface area contributed by atoms with E-state index < -0.39 is 17.7 Å². The average Bonchev–Trinajstić information content (AvgIpc) is 2.32. The fraction of sp³-hybridized carbons (Fsp3) is 0.833. The second-order valence-corrected chi connectivity index (χ2v) is 4.94. The number of rotatable bonds is 7. The lowest BCUT2D eigenvalue weighted by molar-refractivity contribution is -0.125. The Bertz CT molecular complexity index is 292. The lowest BCUT2D eigenvalue weighted by atomic mass is 9.97. The minimum Gasteiger partial charge on any atom is -0.388 e. The number of carbonyl (C=O) groups is 2. The maximum Gasteiger partial charge on any atom is 0.312 e. The predicted molar refractivity (Wildman–Crippen MR) is 69.9 cm³/mol. The molecule has 0 saturated carbocycles. The summed E-state index contributed by atoms with van der Waals surface area (Å²) in [6.45, 7) is 7.41. The SMILES string of the molecule is CCC(C)C(NC(N)=O)C(=O)NCC(C)(O)CC. The van der Waals surface area contributed by atoms with E-state index >= 15 is 0 Å². The molecule has 0 aromatic heterocycles. The first-order chi connectivity index (χ1) is 8.23. The number of urea groups is 1. The summed E-state index contributed by atoms with van der Waals surface area (Å²) in [5.41, 5.74) is 4.11. The van der Waals surface area contributed by atoms with E-state index in [1.165, 1.54) is 0 Å². The molecule has 3 unspecified atom stereocenters. The molecule has 3 amide bonds. The molecule has 106 valence electrons. The van der Waals surface area contributed by atoms with E-state index in [1.54, 1.807) is 6.92 Å². The van der Waals surface area contributed by atoms with Crippen LogP contribution in [0.5, 0.6) is 0 Å². The van der Waals surface area contributed by atoms with E-state index in [-0.39, 0.29) is 18.4 Å². The van der Waals surface area contributed by atoms with Crippen LogP contribution in [-0.2, 0) is 4.79 Å². The van der Waals surface area contributed by atoms with Crippen molar-refractivity contribution in [1.82, 2.24) is 10.6 Å². The summed E-state index contributed by atoms with van der Waals surface area (Å²) in [6, 6.07) is -1.39. The molecule has 5 N–H and O–H groups in total. The summed E-state index contributed by atoms with van der Waals surface area (Å²) in [6.07, 6.45) is 1.27. The molecule has 0 radical (unpaired) electrons. The van der Waals surface area contributed by atoms with Gasteiger partial charge in [0.15, 0.2) is 0 Å². The largest absolute Gasteiger partial charge is 0.388 e. The normalized spacial score (nSPS) is 17.4. The quantitative estimate of drug-likeness (QED) is 0.530. The van der Waals surface area contributed by atoms with Gasteiger partial charge in [-0.1, -0.05) is 27.2 Å². The van der Waals surface area contributed by atoms with Crippen LogP contribution in [0.1, 0.15) is 40.5 Å². The first-order valence-corrected chi connectivity index (χ1v) is 6.29. The third-order valence-corrected chi connectivity index (χ3v) is 3.20. The summed E-state index contributed by atoms with van der Waals surface area (Å²) >= 11 is 0. The van der Waals surface area contributed by atoms with E-state index in [9.17, 15) is 14.7 Å². The second-order valence-electron chi connectivity index (χ2n) is 4.94. The average molecular weight is 259 g/mol. The highest BCUT2D eigenvalue weighted by Crippen LogP contribution is 2.10. The first-order valence-electron chi connectivity index (χ1n) is 6.29. The van der Waals surface area contributed by atoms with E-state index in [2.05, 4.69) is 10.6 Å². The molecular formula is C12H25N3O3. The standard InChI is InChI=1S/C12H25N3O3/c1-5-8(3)9(15-11(13)17)10(16)14-7-12(4,18)6-2/h8-9,18H,5-7H2,1-4H3,(H,14,16)(H3,13,15,17). The van der Waals surface area contributed by atoms with Crippen molar-refractivity contribution in [3.8, 4) is 0 Å². The lowest BCUT2D eigenvalue weighted by Crippen LogP contribution is -2.54. The van der Waals surface area contributed by atoms with Crippen molar-refractivity contribution in [2.24, 2.45) is 11.7 Å². The van der Waals surface area contributed by atoms with Crippen LogP contribution in [0.15, 0.2) is 0 Å². The zero-order valence-electron chi connectivity index (χ0n) is 11.6. The summed E-state index contributed by atoms with van der Waals surface area (Å²) < 4.78 is 0. The van der Waals surface area contributed by atoms with E-state index in [0.717, 1.165) is 6.42 Å². The minimum atomic E-state index is -0.942. The van der Waals surface area contributed by atoms with Gasteiger partial charge < -0.3 is 21.5 Å². The highest BCUT2D eigenvalue weighted by Gasteiger charge is 2.27. The van der Waals surface area contributed by atoms with Crippen LogP contribution >= 0.6 is 0 Å². The number of nitrogens with two attached hydrogens (primary N) is 1. The van der Waals surface area contributed by atoms with Crippen molar-refractivity contribution < 1.29 is 14.7 Å². The Morgan fingerprint density at radius 2 is 1.94 bits per heavy atom. The van der Waals surface area contributed by atoms with Gasteiger partial charge in [-0.3, -0.25) is 4.79 Å². The fourth-order valence-electron chi connectivity index (χ4n) is 1.37. The van der Waals surface area contributed by atoms with Gasteiger partial charge in [-0.2, -0.15) is 0 Å². The molecule has 0 aliphatic heterocycles. The van der Waals surface area contributed by atoms with Gasteiger partial charge in [0, 0.05) is 6.54 Å². The topological polar surface area (TPSA) is 104 Å². The number of aliphatic hydroxyl groups is 1. The van der Waals surface area contributed by atoms with Crippen LogP contribution in [0, 0.1) is 5.92 Å². The third-order valence-electron chi connectivity index (χ3n) is 3.20. The lowest BCUT2D eigenvalue weighted by Gasteiger charge is -2.26. The van der Waals surface area contributed by atoms with Gasteiger partial charge >= 0.3 is 6.03 Å². The highest BCUT2D eigenvalue weighted by molar-refractivity contribution is 5.86. The molecule has 0 heterocycles. The fourth-order valence-corrected chi connectivity index (χ4v) is 1.37. The highest BCUT2D eigenvalue weighted by atomic mass is 16.3. The zero-order chi connectivity index (χ0) is 14.3.